The van der Waals surface area contributed by atoms with Crippen LogP contribution in [0.1, 0.15) is 19.3 Å². The van der Waals surface area contributed by atoms with Gasteiger partial charge in [-0.25, -0.2) is 0 Å². The van der Waals surface area contributed by atoms with Gasteiger partial charge in [0, 0.05) is 23.9 Å². The van der Waals surface area contributed by atoms with E-state index in [2.05, 4.69) is 5.32 Å². The highest BCUT2D eigenvalue weighted by Crippen LogP contribution is 2.19. The largest absolute Gasteiger partial charge is 0.398 e. The molecule has 1 atom stereocenters. The van der Waals surface area contributed by atoms with Crippen LogP contribution in [0.3, 0.4) is 0 Å². The van der Waals surface area contributed by atoms with Crippen molar-refractivity contribution in [1.82, 2.24) is 5.32 Å². The lowest BCUT2D eigenvalue weighted by atomic mass is 10.3. The Morgan fingerprint density at radius 3 is 2.76 bits per heavy atom. The molecule has 1 saturated carbocycles. The van der Waals surface area contributed by atoms with E-state index in [0.717, 1.165) is 12.8 Å². The van der Waals surface area contributed by atoms with Crippen molar-refractivity contribution in [2.45, 2.75) is 30.2 Å². The Bertz CT molecular complexity index is 444. The fourth-order valence-electron chi connectivity index (χ4n) is 1.51. The monoisotopic (exact) mass is 252 g/mol. The molecule has 0 aromatic heterocycles. The summed E-state index contributed by atoms with van der Waals surface area (Å²) in [5, 5.41) is 2.87. The average molecular weight is 252 g/mol. The summed E-state index contributed by atoms with van der Waals surface area (Å²) in [4.78, 5) is 12.1. The van der Waals surface area contributed by atoms with Gasteiger partial charge in [0.05, 0.1) is 15.7 Å². The van der Waals surface area contributed by atoms with E-state index in [9.17, 15) is 9.00 Å². The van der Waals surface area contributed by atoms with E-state index < -0.39 is 10.8 Å². The standard InChI is InChI=1S/C12H16N2O2S/c13-10-3-1-2-4-11(10)17(16)8-7-12(15)14-9-5-6-9/h1-4,9H,5-8,13H2,(H,14,15). The zero-order valence-electron chi connectivity index (χ0n) is 9.52. The number of para-hydroxylation sites is 1. The highest BCUT2D eigenvalue weighted by molar-refractivity contribution is 7.85. The Morgan fingerprint density at radius 2 is 2.12 bits per heavy atom. The molecule has 0 radical (unpaired) electrons. The summed E-state index contributed by atoms with van der Waals surface area (Å²) in [6.45, 7) is 0. The smallest absolute Gasteiger partial charge is 0.221 e. The molecule has 1 aromatic carbocycles. The van der Waals surface area contributed by atoms with Gasteiger partial charge in [0.25, 0.3) is 0 Å². The lowest BCUT2D eigenvalue weighted by molar-refractivity contribution is -0.120. The molecule has 17 heavy (non-hydrogen) atoms. The predicted octanol–water partition coefficient (Wildman–Crippen LogP) is 1.05. The third kappa shape index (κ3) is 3.56. The summed E-state index contributed by atoms with van der Waals surface area (Å²) >= 11 is 0. The molecule has 1 aliphatic carbocycles. The Labute approximate surface area is 103 Å². The summed E-state index contributed by atoms with van der Waals surface area (Å²) in [6, 6.07) is 7.42. The van der Waals surface area contributed by atoms with Crippen LogP contribution in [-0.2, 0) is 15.6 Å². The summed E-state index contributed by atoms with van der Waals surface area (Å²) < 4.78 is 11.9. The third-order valence-electron chi connectivity index (χ3n) is 2.62. The van der Waals surface area contributed by atoms with E-state index in [1.165, 1.54) is 0 Å². The van der Waals surface area contributed by atoms with Crippen LogP contribution >= 0.6 is 0 Å². The van der Waals surface area contributed by atoms with Crippen molar-refractivity contribution in [1.29, 1.82) is 0 Å². The van der Waals surface area contributed by atoms with Gasteiger partial charge in [-0.2, -0.15) is 0 Å². The van der Waals surface area contributed by atoms with E-state index in [1.807, 2.05) is 0 Å². The Hall–Kier alpha value is -1.36. The Morgan fingerprint density at radius 1 is 1.41 bits per heavy atom. The van der Waals surface area contributed by atoms with Gasteiger partial charge in [-0.05, 0) is 25.0 Å². The van der Waals surface area contributed by atoms with Crippen LogP contribution in [0.4, 0.5) is 5.69 Å². The number of nitrogen functional groups attached to an aromatic ring is 1. The molecular weight excluding hydrogens is 236 g/mol. The van der Waals surface area contributed by atoms with Gasteiger partial charge < -0.3 is 11.1 Å². The van der Waals surface area contributed by atoms with E-state index in [4.69, 9.17) is 5.73 Å². The molecule has 4 nitrogen and oxygen atoms in total. The number of carbonyl (C=O) groups excluding carboxylic acids is 1. The minimum absolute atomic E-state index is 0.0182. The number of nitrogens with one attached hydrogen (secondary N) is 1. The summed E-state index contributed by atoms with van der Waals surface area (Å²) in [7, 11) is -1.20. The lowest BCUT2D eigenvalue weighted by Gasteiger charge is -2.05. The first kappa shape index (κ1) is 12.1. The molecule has 1 aliphatic rings. The van der Waals surface area contributed by atoms with Crippen LogP contribution in [0.2, 0.25) is 0 Å². The van der Waals surface area contributed by atoms with Crippen molar-refractivity contribution in [2.24, 2.45) is 0 Å². The van der Waals surface area contributed by atoms with Gasteiger partial charge in [0.2, 0.25) is 5.91 Å². The normalized spacial score (nSPS) is 16.5. The minimum atomic E-state index is -1.20. The van der Waals surface area contributed by atoms with Crippen molar-refractivity contribution in [2.75, 3.05) is 11.5 Å². The number of carbonyl (C=O) groups is 1. The lowest BCUT2D eigenvalue weighted by Crippen LogP contribution is -2.26. The Balaban J connectivity index is 1.84. The fraction of sp³-hybridized carbons (Fsp3) is 0.417. The maximum atomic E-state index is 11.9. The molecule has 0 bridgehead atoms. The van der Waals surface area contributed by atoms with Crippen molar-refractivity contribution >= 4 is 22.4 Å². The van der Waals surface area contributed by atoms with Crippen molar-refractivity contribution < 1.29 is 9.00 Å². The highest BCUT2D eigenvalue weighted by Gasteiger charge is 2.23. The fourth-order valence-corrected chi connectivity index (χ4v) is 2.66. The summed E-state index contributed by atoms with van der Waals surface area (Å²) in [5.74, 6) is 0.308. The number of nitrogens with two attached hydrogens (primary N) is 1. The molecule has 1 amide bonds. The molecule has 0 saturated heterocycles. The quantitative estimate of drug-likeness (QED) is 0.769. The van der Waals surface area contributed by atoms with E-state index in [-0.39, 0.29) is 12.3 Å². The number of hydrogen-bond donors (Lipinski definition) is 2. The molecule has 2 rings (SSSR count). The van der Waals surface area contributed by atoms with Gasteiger partial charge in [0.15, 0.2) is 0 Å². The first-order chi connectivity index (χ1) is 8.16. The molecule has 1 fully saturated rings. The van der Waals surface area contributed by atoms with Crippen LogP contribution in [-0.4, -0.2) is 21.9 Å². The van der Waals surface area contributed by atoms with E-state index >= 15 is 0 Å². The maximum Gasteiger partial charge on any atom is 0.221 e. The number of hydrogen-bond acceptors (Lipinski definition) is 3. The Kier molecular flexibility index (Phi) is 3.78. The minimum Gasteiger partial charge on any atom is -0.398 e. The zero-order chi connectivity index (χ0) is 12.3. The van der Waals surface area contributed by atoms with Crippen LogP contribution in [0.5, 0.6) is 0 Å². The second-order valence-electron chi connectivity index (χ2n) is 4.18. The molecule has 92 valence electrons. The topological polar surface area (TPSA) is 72.2 Å². The van der Waals surface area contributed by atoms with Gasteiger partial charge in [0.1, 0.15) is 0 Å². The van der Waals surface area contributed by atoms with E-state index in [0.29, 0.717) is 22.4 Å². The van der Waals surface area contributed by atoms with Gasteiger partial charge >= 0.3 is 0 Å². The predicted molar refractivity (Wildman–Crippen MR) is 67.9 cm³/mol. The van der Waals surface area contributed by atoms with Crippen molar-refractivity contribution in [3.8, 4) is 0 Å². The first-order valence-electron chi connectivity index (χ1n) is 5.69. The second kappa shape index (κ2) is 5.31. The molecule has 0 spiro atoms. The van der Waals surface area contributed by atoms with Gasteiger partial charge in [-0.3, -0.25) is 9.00 Å². The second-order valence-corrected chi connectivity index (χ2v) is 5.72. The molecule has 1 aromatic rings. The number of amides is 1. The summed E-state index contributed by atoms with van der Waals surface area (Å²) in [5.41, 5.74) is 6.25. The van der Waals surface area contributed by atoms with Gasteiger partial charge in [-0.15, -0.1) is 0 Å². The molecule has 1 unspecified atom stereocenters. The summed E-state index contributed by atoms with van der Waals surface area (Å²) in [6.07, 6.45) is 2.43. The van der Waals surface area contributed by atoms with Crippen LogP contribution in [0.25, 0.3) is 0 Å². The first-order valence-corrected chi connectivity index (χ1v) is 7.01. The van der Waals surface area contributed by atoms with Crippen LogP contribution in [0, 0.1) is 0 Å². The number of benzene rings is 1. The molecule has 5 heteroatoms. The SMILES string of the molecule is Nc1ccccc1S(=O)CCC(=O)NC1CC1. The molecule has 3 N–H and O–H groups in total. The van der Waals surface area contributed by atoms with Crippen LogP contribution in [0.15, 0.2) is 29.2 Å². The zero-order valence-corrected chi connectivity index (χ0v) is 10.3. The van der Waals surface area contributed by atoms with Crippen molar-refractivity contribution in [3.63, 3.8) is 0 Å². The number of rotatable bonds is 5. The molecular formula is C12H16N2O2S. The number of anilines is 1. The van der Waals surface area contributed by atoms with E-state index in [1.54, 1.807) is 24.3 Å². The van der Waals surface area contributed by atoms with Crippen LogP contribution < -0.4 is 11.1 Å². The van der Waals surface area contributed by atoms with Crippen molar-refractivity contribution in [3.05, 3.63) is 24.3 Å². The third-order valence-corrected chi connectivity index (χ3v) is 4.06. The van der Waals surface area contributed by atoms with Gasteiger partial charge in [-0.1, -0.05) is 12.1 Å². The average Bonchev–Trinajstić information content (AvgIpc) is 3.10. The maximum absolute atomic E-state index is 11.9. The highest BCUT2D eigenvalue weighted by atomic mass is 32.2. The molecule has 0 heterocycles. The molecule has 0 aliphatic heterocycles.